The second-order valence-corrected chi connectivity index (χ2v) is 6.62. The van der Waals surface area contributed by atoms with E-state index in [1.807, 2.05) is 31.3 Å². The fourth-order valence-corrected chi connectivity index (χ4v) is 2.78. The van der Waals surface area contributed by atoms with Gasteiger partial charge >= 0.3 is 6.61 Å². The van der Waals surface area contributed by atoms with Gasteiger partial charge in [0.25, 0.3) is 5.91 Å². The maximum atomic E-state index is 12.3. The molecule has 1 unspecified atom stereocenters. The van der Waals surface area contributed by atoms with Crippen molar-refractivity contribution in [3.8, 4) is 5.75 Å². The molecule has 0 bridgehead atoms. The summed E-state index contributed by atoms with van der Waals surface area (Å²) in [5.74, 6) is 0.392. The van der Waals surface area contributed by atoms with Crippen molar-refractivity contribution in [3.05, 3.63) is 59.7 Å². The second kappa shape index (κ2) is 9.29. The summed E-state index contributed by atoms with van der Waals surface area (Å²) >= 11 is 0. The molecule has 0 saturated heterocycles. The molecule has 1 amide bonds. The molecule has 2 rings (SSSR count). The van der Waals surface area contributed by atoms with Gasteiger partial charge in [0.05, 0.1) is 7.05 Å². The molecule has 2 N–H and O–H groups in total. The first-order chi connectivity index (χ1) is 12.3. The molecule has 1 atom stereocenters. The first-order valence-electron chi connectivity index (χ1n) is 8.59. The maximum Gasteiger partial charge on any atom is 0.387 e. The van der Waals surface area contributed by atoms with E-state index in [0.717, 1.165) is 21.7 Å². The Bertz CT molecular complexity index is 718. The lowest BCUT2D eigenvalue weighted by atomic mass is 10.0. The minimum atomic E-state index is -2.83. The van der Waals surface area contributed by atoms with Gasteiger partial charge in [0.2, 0.25) is 0 Å². The summed E-state index contributed by atoms with van der Waals surface area (Å²) in [5, 5.41) is 2.98. The zero-order valence-corrected chi connectivity index (χ0v) is 15.3. The number of anilines is 1. The number of benzene rings is 2. The number of alkyl halides is 2. The van der Waals surface area contributed by atoms with Gasteiger partial charge < -0.3 is 15.0 Å². The van der Waals surface area contributed by atoms with E-state index < -0.39 is 6.61 Å². The number of likely N-dealkylation sites (N-methyl/N-ethyl adjacent to an activating group) is 1. The van der Waals surface area contributed by atoms with Gasteiger partial charge in [0.1, 0.15) is 12.3 Å². The highest BCUT2D eigenvalue weighted by atomic mass is 19.3. The Labute approximate surface area is 152 Å². The molecule has 0 aliphatic heterocycles. The van der Waals surface area contributed by atoms with Gasteiger partial charge in [-0.05, 0) is 41.8 Å². The fourth-order valence-electron chi connectivity index (χ4n) is 2.78. The number of nitrogens with one attached hydrogen (secondary N) is 2. The van der Waals surface area contributed by atoms with Gasteiger partial charge in [-0.15, -0.1) is 0 Å². The first-order valence-corrected chi connectivity index (χ1v) is 8.59. The largest absolute Gasteiger partial charge is 0.435 e. The highest BCUT2D eigenvalue weighted by molar-refractivity contribution is 5.92. The third-order valence-corrected chi connectivity index (χ3v) is 3.97. The van der Waals surface area contributed by atoms with Crippen molar-refractivity contribution in [3.63, 3.8) is 0 Å². The lowest BCUT2D eigenvalue weighted by Crippen LogP contribution is -3.08. The molecule has 2 aromatic carbocycles. The summed E-state index contributed by atoms with van der Waals surface area (Å²) in [6, 6.07) is 14.3. The van der Waals surface area contributed by atoms with E-state index >= 15 is 0 Å². The summed E-state index contributed by atoms with van der Waals surface area (Å²) in [4.78, 5) is 13.3. The van der Waals surface area contributed by atoms with E-state index in [0.29, 0.717) is 19.0 Å². The molecule has 0 heterocycles. The fraction of sp³-hybridized carbons (Fsp3) is 0.350. The third kappa shape index (κ3) is 6.11. The van der Waals surface area contributed by atoms with Crippen LogP contribution in [0, 0.1) is 0 Å². The van der Waals surface area contributed by atoms with Crippen LogP contribution < -0.4 is 15.0 Å². The Balaban J connectivity index is 1.89. The first kappa shape index (κ1) is 19.8. The SMILES string of the molecule is CC(C)c1ccccc1NC(=O)C[NH+](C)Cc1ccc(OC(F)F)cc1. The molecule has 2 aromatic rings. The highest BCUT2D eigenvalue weighted by Crippen LogP contribution is 2.23. The van der Waals surface area contributed by atoms with E-state index in [-0.39, 0.29) is 11.7 Å². The highest BCUT2D eigenvalue weighted by Gasteiger charge is 2.14. The van der Waals surface area contributed by atoms with Crippen molar-refractivity contribution < 1.29 is 23.2 Å². The van der Waals surface area contributed by atoms with Gasteiger partial charge in [-0.2, -0.15) is 8.78 Å². The van der Waals surface area contributed by atoms with Crippen LogP contribution in [0.1, 0.15) is 30.9 Å². The number of para-hydroxylation sites is 1. The van der Waals surface area contributed by atoms with Gasteiger partial charge in [-0.3, -0.25) is 4.79 Å². The van der Waals surface area contributed by atoms with Crippen LogP contribution in [-0.4, -0.2) is 26.1 Å². The Hall–Kier alpha value is -2.47. The minimum Gasteiger partial charge on any atom is -0.435 e. The molecule has 4 nitrogen and oxygen atoms in total. The van der Waals surface area contributed by atoms with Crippen LogP contribution >= 0.6 is 0 Å². The van der Waals surface area contributed by atoms with E-state index in [9.17, 15) is 13.6 Å². The lowest BCUT2D eigenvalue weighted by molar-refractivity contribution is -0.885. The van der Waals surface area contributed by atoms with Gasteiger partial charge in [-0.1, -0.05) is 32.0 Å². The molecule has 0 aliphatic rings. The Kier molecular flexibility index (Phi) is 7.09. The molecule has 26 heavy (non-hydrogen) atoms. The van der Waals surface area contributed by atoms with E-state index in [1.165, 1.54) is 12.1 Å². The van der Waals surface area contributed by atoms with Crippen LogP contribution in [0.2, 0.25) is 0 Å². The standard InChI is InChI=1S/C20H24F2N2O2/c1-14(2)17-6-4-5-7-18(17)23-19(25)13-24(3)12-15-8-10-16(11-9-15)26-20(21)22/h4-11,14,20H,12-13H2,1-3H3,(H,23,25)/p+1. The number of carbonyl (C=O) groups excluding carboxylic acids is 1. The quantitative estimate of drug-likeness (QED) is 0.757. The van der Waals surface area contributed by atoms with Crippen molar-refractivity contribution in [1.29, 1.82) is 0 Å². The van der Waals surface area contributed by atoms with Crippen molar-refractivity contribution in [2.45, 2.75) is 32.9 Å². The number of rotatable bonds is 8. The Morgan fingerprint density at radius 3 is 2.38 bits per heavy atom. The van der Waals surface area contributed by atoms with Gasteiger partial charge in [0, 0.05) is 11.3 Å². The van der Waals surface area contributed by atoms with E-state index in [2.05, 4.69) is 23.9 Å². The molecule has 0 saturated carbocycles. The van der Waals surface area contributed by atoms with Crippen molar-refractivity contribution >= 4 is 11.6 Å². The molecule has 0 radical (unpaired) electrons. The molecule has 140 valence electrons. The molecule has 0 aliphatic carbocycles. The van der Waals surface area contributed by atoms with Crippen molar-refractivity contribution in [2.24, 2.45) is 0 Å². The molecule has 6 heteroatoms. The zero-order chi connectivity index (χ0) is 19.1. The topological polar surface area (TPSA) is 42.8 Å². The number of carbonyl (C=O) groups is 1. The lowest BCUT2D eigenvalue weighted by Gasteiger charge is -2.16. The summed E-state index contributed by atoms with van der Waals surface area (Å²) in [6.07, 6.45) is 0. The molecule has 0 fully saturated rings. The van der Waals surface area contributed by atoms with Crippen molar-refractivity contribution in [2.75, 3.05) is 18.9 Å². The number of ether oxygens (including phenoxy) is 1. The van der Waals surface area contributed by atoms with Gasteiger partial charge in [-0.25, -0.2) is 0 Å². The molecular formula is C20H25F2N2O2+. The average Bonchev–Trinajstić information content (AvgIpc) is 2.56. The Morgan fingerprint density at radius 1 is 1.12 bits per heavy atom. The maximum absolute atomic E-state index is 12.3. The summed E-state index contributed by atoms with van der Waals surface area (Å²) in [5.41, 5.74) is 2.89. The van der Waals surface area contributed by atoms with E-state index in [4.69, 9.17) is 0 Å². The number of halogens is 2. The summed E-state index contributed by atoms with van der Waals surface area (Å²) < 4.78 is 28.7. The number of hydrogen-bond donors (Lipinski definition) is 2. The van der Waals surface area contributed by atoms with Crippen LogP contribution in [0.3, 0.4) is 0 Å². The minimum absolute atomic E-state index is 0.0618. The summed E-state index contributed by atoms with van der Waals surface area (Å²) in [7, 11) is 1.91. The van der Waals surface area contributed by atoms with E-state index in [1.54, 1.807) is 12.1 Å². The number of amides is 1. The number of hydrogen-bond acceptors (Lipinski definition) is 2. The van der Waals surface area contributed by atoms with Crippen LogP contribution in [0.4, 0.5) is 14.5 Å². The predicted molar refractivity (Wildman–Crippen MR) is 97.7 cm³/mol. The second-order valence-electron chi connectivity index (χ2n) is 6.62. The zero-order valence-electron chi connectivity index (χ0n) is 15.3. The van der Waals surface area contributed by atoms with Crippen LogP contribution in [0.5, 0.6) is 5.75 Å². The molecular weight excluding hydrogens is 338 g/mol. The smallest absolute Gasteiger partial charge is 0.387 e. The van der Waals surface area contributed by atoms with Crippen molar-refractivity contribution in [1.82, 2.24) is 0 Å². The van der Waals surface area contributed by atoms with Crippen LogP contribution in [-0.2, 0) is 11.3 Å². The Morgan fingerprint density at radius 2 is 1.77 bits per heavy atom. The summed E-state index contributed by atoms with van der Waals surface area (Å²) in [6.45, 7) is 2.26. The third-order valence-electron chi connectivity index (χ3n) is 3.97. The normalized spacial score (nSPS) is 12.3. The average molecular weight is 363 g/mol. The molecule has 0 aromatic heterocycles. The monoisotopic (exact) mass is 363 g/mol. The predicted octanol–water partition coefficient (Wildman–Crippen LogP) is 3.06. The number of quaternary nitrogens is 1. The molecule has 0 spiro atoms. The van der Waals surface area contributed by atoms with Crippen LogP contribution in [0.15, 0.2) is 48.5 Å². The van der Waals surface area contributed by atoms with Crippen LogP contribution in [0.25, 0.3) is 0 Å². The van der Waals surface area contributed by atoms with Gasteiger partial charge in [0.15, 0.2) is 6.54 Å².